The maximum Gasteiger partial charge on any atom is 0.314 e. The second-order valence-corrected chi connectivity index (χ2v) is 2.35. The fourth-order valence-corrected chi connectivity index (χ4v) is 0.431. The fourth-order valence-electron chi connectivity index (χ4n) is 0.227. The number of carbonyl (C=O) groups excluding carboxylic acids is 2. The van der Waals surface area contributed by atoms with Gasteiger partial charge in [0.15, 0.2) is 0 Å². The summed E-state index contributed by atoms with van der Waals surface area (Å²) in [7, 11) is 4.75. The smallest absolute Gasteiger partial charge is 0.314 e. The number of hydrogen-bond acceptors (Lipinski definition) is 3. The molecular formula is C7H19N3O2S. The second-order valence-electron chi connectivity index (χ2n) is 1.57. The largest absolute Gasteiger partial charge is 0.350 e. The zero-order valence-electron chi connectivity index (χ0n) is 7.72. The quantitative estimate of drug-likeness (QED) is 0.554. The van der Waals surface area contributed by atoms with Crippen molar-refractivity contribution >= 4 is 23.0 Å². The van der Waals surface area contributed by atoms with Gasteiger partial charge < -0.3 is 16.0 Å². The van der Waals surface area contributed by atoms with Gasteiger partial charge in [-0.25, -0.2) is 4.79 Å². The Morgan fingerprint density at radius 3 is 1.38 bits per heavy atom. The van der Waals surface area contributed by atoms with E-state index < -0.39 is 0 Å². The first kappa shape index (κ1) is 18.0. The van der Waals surface area contributed by atoms with Gasteiger partial charge in [-0.2, -0.15) is 0 Å². The molecule has 0 spiro atoms. The first-order valence-electron chi connectivity index (χ1n) is 3.27. The van der Waals surface area contributed by atoms with Crippen LogP contribution in [0.15, 0.2) is 0 Å². The average molecular weight is 209 g/mol. The number of carbonyl (C=O) groups is 2. The van der Waals surface area contributed by atoms with Crippen LogP contribution < -0.4 is 16.0 Å². The molecule has 0 rings (SSSR count). The van der Waals surface area contributed by atoms with Gasteiger partial charge in [-0.15, -0.1) is 0 Å². The molecule has 13 heavy (non-hydrogen) atoms. The summed E-state index contributed by atoms with van der Waals surface area (Å²) >= 11 is 1.17. The molecule has 0 aromatic carbocycles. The maximum absolute atomic E-state index is 10.0. The van der Waals surface area contributed by atoms with Gasteiger partial charge in [-0.3, -0.25) is 4.79 Å². The molecule has 0 radical (unpaired) electrons. The summed E-state index contributed by atoms with van der Waals surface area (Å²) in [5, 5.41) is 7.18. The van der Waals surface area contributed by atoms with Gasteiger partial charge in [0.1, 0.15) is 0 Å². The van der Waals surface area contributed by atoms with E-state index in [9.17, 15) is 9.59 Å². The number of thioether (sulfide) groups is 1. The van der Waals surface area contributed by atoms with Gasteiger partial charge in [0, 0.05) is 21.1 Å². The molecule has 0 aliphatic rings. The van der Waals surface area contributed by atoms with Crippen molar-refractivity contribution in [2.45, 2.75) is 7.43 Å². The van der Waals surface area contributed by atoms with Crippen LogP contribution in [-0.4, -0.2) is 38.7 Å². The summed E-state index contributed by atoms with van der Waals surface area (Å²) in [4.78, 5) is 20.0. The minimum absolute atomic E-state index is 0. The zero-order chi connectivity index (χ0) is 9.98. The predicted molar refractivity (Wildman–Crippen MR) is 58.2 cm³/mol. The average Bonchev–Trinajstić information content (AvgIpc) is 2.16. The Kier molecular flexibility index (Phi) is 18.9. The second kappa shape index (κ2) is 13.7. The molecule has 0 aromatic heterocycles. The molecule has 0 heterocycles. The van der Waals surface area contributed by atoms with Crippen LogP contribution in [0.5, 0.6) is 0 Å². The summed E-state index contributed by atoms with van der Waals surface area (Å²) in [6, 6.07) is -0.157. The lowest BCUT2D eigenvalue weighted by molar-refractivity contribution is 0.245. The van der Waals surface area contributed by atoms with Crippen LogP contribution in [0.25, 0.3) is 0 Å². The van der Waals surface area contributed by atoms with Gasteiger partial charge >= 0.3 is 6.03 Å². The number of hydrogen-bond donors (Lipinski definition) is 3. The molecule has 5 nitrogen and oxygen atoms in total. The molecule has 80 valence electrons. The summed E-state index contributed by atoms with van der Waals surface area (Å²) < 4.78 is 0. The van der Waals surface area contributed by atoms with Gasteiger partial charge in [-0.05, 0) is 6.26 Å². The molecule has 0 atom stereocenters. The third-order valence-corrected chi connectivity index (χ3v) is 1.42. The number of nitrogens with one attached hydrogen (secondary N) is 3. The van der Waals surface area contributed by atoms with Crippen LogP contribution in [0.1, 0.15) is 7.43 Å². The van der Waals surface area contributed by atoms with E-state index in [2.05, 4.69) is 16.0 Å². The van der Waals surface area contributed by atoms with E-state index in [1.165, 1.54) is 11.8 Å². The van der Waals surface area contributed by atoms with Crippen LogP contribution in [0.4, 0.5) is 9.59 Å². The summed E-state index contributed by atoms with van der Waals surface area (Å²) in [6.07, 6.45) is 1.73. The molecule has 0 fully saturated rings. The van der Waals surface area contributed by atoms with Crippen molar-refractivity contribution in [2.75, 3.05) is 27.4 Å². The van der Waals surface area contributed by atoms with Gasteiger partial charge in [0.25, 0.3) is 5.24 Å². The molecule has 0 unspecified atom stereocenters. The van der Waals surface area contributed by atoms with E-state index in [0.717, 1.165) is 0 Å². The maximum atomic E-state index is 10.0. The fraction of sp³-hybridized carbons (Fsp3) is 0.714. The molecule has 3 N–H and O–H groups in total. The first-order valence-corrected chi connectivity index (χ1v) is 4.50. The summed E-state index contributed by atoms with van der Waals surface area (Å²) in [5.74, 6) is 0. The summed E-state index contributed by atoms with van der Waals surface area (Å²) in [5.41, 5.74) is 0. The van der Waals surface area contributed by atoms with Crippen molar-refractivity contribution in [3.05, 3.63) is 0 Å². The highest BCUT2D eigenvalue weighted by atomic mass is 32.2. The Morgan fingerprint density at radius 2 is 1.38 bits per heavy atom. The molecule has 6 heteroatoms. The highest BCUT2D eigenvalue weighted by molar-refractivity contribution is 8.12. The third-order valence-electron chi connectivity index (χ3n) is 0.844. The van der Waals surface area contributed by atoms with Crippen molar-refractivity contribution in [3.8, 4) is 0 Å². The number of rotatable bonds is 0. The van der Waals surface area contributed by atoms with E-state index in [-0.39, 0.29) is 18.7 Å². The Labute approximate surface area is 84.0 Å². The van der Waals surface area contributed by atoms with Crippen LogP contribution in [0.2, 0.25) is 0 Å². The van der Waals surface area contributed by atoms with Crippen molar-refractivity contribution < 1.29 is 9.59 Å². The van der Waals surface area contributed by atoms with E-state index in [0.29, 0.717) is 0 Å². The van der Waals surface area contributed by atoms with E-state index in [1.807, 2.05) is 0 Å². The highest BCUT2D eigenvalue weighted by Gasteiger charge is 1.85. The zero-order valence-corrected chi connectivity index (χ0v) is 8.54. The molecular weight excluding hydrogens is 190 g/mol. The van der Waals surface area contributed by atoms with E-state index >= 15 is 0 Å². The van der Waals surface area contributed by atoms with Crippen LogP contribution in [0, 0.1) is 0 Å². The topological polar surface area (TPSA) is 70.2 Å². The Balaban J connectivity index is -0.000000143. The number of urea groups is 1. The standard InChI is InChI=1S/C3H8N2O.C3H7NOS.CH4/c1-4-3(6)5-2;1-4-3(5)6-2;/h1-2H3,(H2,4,5,6);1-2H3,(H,4,5);1H4. The molecule has 0 bridgehead atoms. The van der Waals surface area contributed by atoms with Crippen molar-refractivity contribution in [2.24, 2.45) is 0 Å². The number of amides is 3. The third kappa shape index (κ3) is 18.2. The minimum atomic E-state index is -0.157. The van der Waals surface area contributed by atoms with Crippen LogP contribution in [-0.2, 0) is 0 Å². The molecule has 0 aliphatic heterocycles. The lowest BCUT2D eigenvalue weighted by Crippen LogP contribution is -2.28. The Hall–Kier alpha value is -0.910. The van der Waals surface area contributed by atoms with Crippen molar-refractivity contribution in [3.63, 3.8) is 0 Å². The Morgan fingerprint density at radius 1 is 1.00 bits per heavy atom. The van der Waals surface area contributed by atoms with Crippen LogP contribution in [0.3, 0.4) is 0 Å². The molecule has 0 saturated carbocycles. The highest BCUT2D eigenvalue weighted by Crippen LogP contribution is 1.88. The first-order chi connectivity index (χ1) is 5.62. The molecule has 3 amide bonds. The minimum Gasteiger partial charge on any atom is -0.350 e. The predicted octanol–water partition coefficient (Wildman–Crippen LogP) is 0.870. The molecule has 0 aliphatic carbocycles. The molecule has 0 saturated heterocycles. The molecule has 0 aromatic rings. The van der Waals surface area contributed by atoms with E-state index in [4.69, 9.17) is 0 Å². The van der Waals surface area contributed by atoms with Gasteiger partial charge in [0.2, 0.25) is 0 Å². The normalized spacial score (nSPS) is 6.77. The SMILES string of the molecule is C.CNC(=O)NC.CNC(=O)SC. The van der Waals surface area contributed by atoms with Crippen molar-refractivity contribution in [1.29, 1.82) is 0 Å². The van der Waals surface area contributed by atoms with Gasteiger partial charge in [-0.1, -0.05) is 19.2 Å². The monoisotopic (exact) mass is 209 g/mol. The van der Waals surface area contributed by atoms with E-state index in [1.54, 1.807) is 27.4 Å². The van der Waals surface area contributed by atoms with Crippen molar-refractivity contribution in [1.82, 2.24) is 16.0 Å². The van der Waals surface area contributed by atoms with Crippen LogP contribution >= 0.6 is 11.8 Å². The summed E-state index contributed by atoms with van der Waals surface area (Å²) in [6.45, 7) is 0. The van der Waals surface area contributed by atoms with Gasteiger partial charge in [0.05, 0.1) is 0 Å². The lowest BCUT2D eigenvalue weighted by atomic mass is 11.0. The lowest BCUT2D eigenvalue weighted by Gasteiger charge is -1.91. The Bertz CT molecular complexity index is 114.